The van der Waals surface area contributed by atoms with Crippen molar-refractivity contribution in [3.63, 3.8) is 0 Å². The van der Waals surface area contributed by atoms with Crippen molar-refractivity contribution in [1.29, 1.82) is 0 Å². The third-order valence-corrected chi connectivity index (χ3v) is 3.53. The fraction of sp³-hybridized carbons (Fsp3) is 0.267. The average molecular weight is 288 g/mol. The third kappa shape index (κ3) is 3.74. The highest BCUT2D eigenvalue weighted by atomic mass is 32.1. The number of thiazole rings is 1. The number of ether oxygens (including phenoxy) is 1. The Labute approximate surface area is 122 Å². The number of nitrogens with zero attached hydrogens (tertiary/aromatic N) is 2. The Hall–Kier alpha value is -2.01. The topological polar surface area (TPSA) is 52.1 Å². The Morgan fingerprint density at radius 3 is 3.00 bits per heavy atom. The smallest absolute Gasteiger partial charge is 0.333 e. The second-order valence-corrected chi connectivity index (χ2v) is 5.09. The van der Waals surface area contributed by atoms with Crippen LogP contribution < -0.4 is 0 Å². The van der Waals surface area contributed by atoms with Crippen molar-refractivity contribution in [2.24, 2.45) is 0 Å². The molecule has 0 radical (unpaired) electrons. The molecule has 0 saturated heterocycles. The number of aromatic nitrogens is 2. The first-order chi connectivity index (χ1) is 9.70. The lowest BCUT2D eigenvalue weighted by atomic mass is 10.2. The molecule has 4 nitrogen and oxygen atoms in total. The molecule has 0 atom stereocenters. The second-order valence-electron chi connectivity index (χ2n) is 4.23. The van der Waals surface area contributed by atoms with Crippen LogP contribution in [0.5, 0.6) is 0 Å². The maximum atomic E-state index is 11.7. The summed E-state index contributed by atoms with van der Waals surface area (Å²) in [6.07, 6.45) is 4.40. The first-order valence-corrected chi connectivity index (χ1v) is 7.28. The van der Waals surface area contributed by atoms with Gasteiger partial charge in [-0.1, -0.05) is 19.1 Å². The highest BCUT2D eigenvalue weighted by molar-refractivity contribution is 7.13. The number of rotatable bonds is 5. The third-order valence-electron chi connectivity index (χ3n) is 2.62. The van der Waals surface area contributed by atoms with Gasteiger partial charge in [0.25, 0.3) is 0 Å². The lowest BCUT2D eigenvalue weighted by Gasteiger charge is -2.02. The lowest BCUT2D eigenvalue weighted by Crippen LogP contribution is -2.06. The van der Waals surface area contributed by atoms with E-state index in [9.17, 15) is 4.79 Å². The highest BCUT2D eigenvalue weighted by Gasteiger charge is 2.09. The Morgan fingerprint density at radius 1 is 1.45 bits per heavy atom. The van der Waals surface area contributed by atoms with Crippen LogP contribution in [0.25, 0.3) is 10.7 Å². The van der Waals surface area contributed by atoms with Crippen molar-refractivity contribution in [2.45, 2.75) is 26.9 Å². The molecule has 0 fully saturated rings. The largest absolute Gasteiger partial charge is 0.456 e. The molecule has 104 valence electrons. The van der Waals surface area contributed by atoms with Crippen molar-refractivity contribution in [2.75, 3.05) is 0 Å². The molecule has 5 heteroatoms. The molecule has 2 aromatic rings. The summed E-state index contributed by atoms with van der Waals surface area (Å²) in [4.78, 5) is 20.3. The van der Waals surface area contributed by atoms with Crippen molar-refractivity contribution in [1.82, 2.24) is 9.97 Å². The Kier molecular flexibility index (Phi) is 5.01. The zero-order chi connectivity index (χ0) is 14.4. The molecule has 0 aliphatic carbocycles. The summed E-state index contributed by atoms with van der Waals surface area (Å²) >= 11 is 1.49. The zero-order valence-electron chi connectivity index (χ0n) is 11.5. The maximum Gasteiger partial charge on any atom is 0.333 e. The second kappa shape index (κ2) is 6.96. The zero-order valence-corrected chi connectivity index (χ0v) is 12.3. The summed E-state index contributed by atoms with van der Waals surface area (Å²) in [5.41, 5.74) is 2.21. The van der Waals surface area contributed by atoms with Crippen molar-refractivity contribution >= 4 is 17.3 Å². The van der Waals surface area contributed by atoms with Crippen LogP contribution in [0.4, 0.5) is 0 Å². The van der Waals surface area contributed by atoms with Gasteiger partial charge in [0.1, 0.15) is 11.6 Å². The fourth-order valence-electron chi connectivity index (χ4n) is 1.62. The predicted molar refractivity (Wildman–Crippen MR) is 79.2 cm³/mol. The van der Waals surface area contributed by atoms with Gasteiger partial charge in [-0.15, -0.1) is 11.3 Å². The van der Waals surface area contributed by atoms with Crippen LogP contribution in [0.1, 0.15) is 26.0 Å². The number of esters is 1. The van der Waals surface area contributed by atoms with Gasteiger partial charge >= 0.3 is 5.97 Å². The van der Waals surface area contributed by atoms with E-state index < -0.39 is 0 Å². The molecule has 2 heterocycles. The lowest BCUT2D eigenvalue weighted by molar-refractivity contribution is -0.140. The minimum atomic E-state index is -0.292. The van der Waals surface area contributed by atoms with E-state index in [1.807, 2.05) is 36.6 Å². The summed E-state index contributed by atoms with van der Waals surface area (Å²) in [6, 6.07) is 5.69. The van der Waals surface area contributed by atoms with E-state index in [-0.39, 0.29) is 12.6 Å². The number of pyridine rings is 1. The number of allylic oxidation sites excluding steroid dienone is 1. The van der Waals surface area contributed by atoms with Crippen LogP contribution in [0, 0.1) is 0 Å². The van der Waals surface area contributed by atoms with Crippen molar-refractivity contribution in [3.05, 3.63) is 47.1 Å². The number of hydrogen-bond acceptors (Lipinski definition) is 5. The SMILES string of the molecule is CC/C=C(\C)C(=O)OCc1csc(-c2ccccn2)n1. The molecule has 2 aromatic heterocycles. The van der Waals surface area contributed by atoms with Crippen LogP contribution in [-0.4, -0.2) is 15.9 Å². The van der Waals surface area contributed by atoms with Crippen LogP contribution in [0.2, 0.25) is 0 Å². The molecule has 0 amide bonds. The van der Waals surface area contributed by atoms with Gasteiger partial charge in [-0.05, 0) is 25.5 Å². The van der Waals surface area contributed by atoms with Crippen molar-refractivity contribution < 1.29 is 9.53 Å². The van der Waals surface area contributed by atoms with Gasteiger partial charge in [-0.25, -0.2) is 9.78 Å². The maximum absolute atomic E-state index is 11.7. The molecule has 20 heavy (non-hydrogen) atoms. The van der Waals surface area contributed by atoms with E-state index >= 15 is 0 Å². The number of carbonyl (C=O) groups excluding carboxylic acids is 1. The Morgan fingerprint density at radius 2 is 2.30 bits per heavy atom. The van der Waals surface area contributed by atoms with Crippen LogP contribution in [-0.2, 0) is 16.1 Å². The fourth-order valence-corrected chi connectivity index (χ4v) is 2.40. The van der Waals surface area contributed by atoms with E-state index in [1.165, 1.54) is 11.3 Å². The normalized spacial score (nSPS) is 11.4. The summed E-state index contributed by atoms with van der Waals surface area (Å²) in [5, 5.41) is 2.72. The van der Waals surface area contributed by atoms with Gasteiger partial charge < -0.3 is 4.74 Å². The standard InChI is InChI=1S/C15H16N2O2S/c1-3-6-11(2)15(18)19-9-12-10-20-14(17-12)13-7-4-5-8-16-13/h4-8,10H,3,9H2,1-2H3/b11-6+. The Balaban J connectivity index is 1.97. The molecular weight excluding hydrogens is 272 g/mol. The monoisotopic (exact) mass is 288 g/mol. The summed E-state index contributed by atoms with van der Waals surface area (Å²) < 4.78 is 5.21. The first kappa shape index (κ1) is 14.4. The van der Waals surface area contributed by atoms with Gasteiger partial charge in [-0.3, -0.25) is 4.98 Å². The van der Waals surface area contributed by atoms with Gasteiger partial charge in [0, 0.05) is 17.2 Å². The van der Waals surface area contributed by atoms with E-state index in [1.54, 1.807) is 13.1 Å². The molecule has 0 spiro atoms. The molecule has 0 aliphatic heterocycles. The summed E-state index contributed by atoms with van der Waals surface area (Å²) in [7, 11) is 0. The van der Waals surface area contributed by atoms with E-state index in [0.29, 0.717) is 5.57 Å². The molecule has 0 unspecified atom stereocenters. The average Bonchev–Trinajstić information content (AvgIpc) is 2.95. The van der Waals surface area contributed by atoms with Crippen LogP contribution in [0.15, 0.2) is 41.4 Å². The summed E-state index contributed by atoms with van der Waals surface area (Å²) in [5.74, 6) is -0.292. The summed E-state index contributed by atoms with van der Waals surface area (Å²) in [6.45, 7) is 3.93. The Bertz CT molecular complexity index is 605. The first-order valence-electron chi connectivity index (χ1n) is 6.40. The molecule has 0 saturated carbocycles. The van der Waals surface area contributed by atoms with Gasteiger partial charge in [0.15, 0.2) is 0 Å². The minimum absolute atomic E-state index is 0.192. The van der Waals surface area contributed by atoms with Crippen LogP contribution in [0.3, 0.4) is 0 Å². The molecule has 0 aromatic carbocycles. The highest BCUT2D eigenvalue weighted by Crippen LogP contribution is 2.21. The molecular formula is C15H16N2O2S. The van der Waals surface area contributed by atoms with E-state index in [0.717, 1.165) is 22.8 Å². The quantitative estimate of drug-likeness (QED) is 0.623. The predicted octanol–water partition coefficient (Wildman–Crippen LogP) is 3.60. The number of hydrogen-bond donors (Lipinski definition) is 0. The van der Waals surface area contributed by atoms with Gasteiger partial charge in [0.05, 0.1) is 11.4 Å². The molecule has 0 bridgehead atoms. The molecule has 0 aliphatic rings. The number of carbonyl (C=O) groups is 1. The van der Waals surface area contributed by atoms with Gasteiger partial charge in [0.2, 0.25) is 0 Å². The molecule has 0 N–H and O–H groups in total. The minimum Gasteiger partial charge on any atom is -0.456 e. The van der Waals surface area contributed by atoms with E-state index in [2.05, 4.69) is 9.97 Å². The molecule has 2 rings (SSSR count). The van der Waals surface area contributed by atoms with E-state index in [4.69, 9.17) is 4.74 Å². The van der Waals surface area contributed by atoms with Crippen molar-refractivity contribution in [3.8, 4) is 10.7 Å². The van der Waals surface area contributed by atoms with Crippen LogP contribution >= 0.6 is 11.3 Å². The van der Waals surface area contributed by atoms with Gasteiger partial charge in [-0.2, -0.15) is 0 Å².